The van der Waals surface area contributed by atoms with Crippen LogP contribution in [0, 0.1) is 28.6 Å². The Balaban J connectivity index is 0.869. The van der Waals surface area contributed by atoms with E-state index in [1.54, 1.807) is 40.8 Å². The first kappa shape index (κ1) is 39.4. The highest BCUT2D eigenvalue weighted by molar-refractivity contribution is 6.03. The summed E-state index contributed by atoms with van der Waals surface area (Å²) in [5, 5.41) is 39.0. The van der Waals surface area contributed by atoms with Crippen LogP contribution in [0.1, 0.15) is 95.4 Å². The molecule has 5 aromatic rings. The van der Waals surface area contributed by atoms with Gasteiger partial charge in [0.25, 0.3) is 0 Å². The van der Waals surface area contributed by atoms with Crippen molar-refractivity contribution in [2.75, 3.05) is 35.6 Å². The third kappa shape index (κ3) is 7.80. The van der Waals surface area contributed by atoms with Crippen molar-refractivity contribution in [3.63, 3.8) is 0 Å². The zero-order valence-corrected chi connectivity index (χ0v) is 34.0. The lowest BCUT2D eigenvalue weighted by Gasteiger charge is -2.46. The van der Waals surface area contributed by atoms with Crippen molar-refractivity contribution in [3.8, 4) is 23.6 Å². The number of nitrogens with two attached hydrogens (primary N) is 1. The van der Waals surface area contributed by atoms with Crippen molar-refractivity contribution >= 4 is 40.0 Å². The van der Waals surface area contributed by atoms with Gasteiger partial charge in [0.1, 0.15) is 23.6 Å². The molecule has 16 nitrogen and oxygen atoms in total. The van der Waals surface area contributed by atoms with Crippen LogP contribution in [0.5, 0.6) is 0 Å². The lowest BCUT2D eigenvalue weighted by molar-refractivity contribution is -0.137. The largest absolute Gasteiger partial charge is 0.383 e. The maximum Gasteiger partial charge on any atom is 0.236 e. The highest BCUT2D eigenvalue weighted by Gasteiger charge is 2.40. The summed E-state index contributed by atoms with van der Waals surface area (Å²) in [5.74, 6) is 1.15. The van der Waals surface area contributed by atoms with E-state index in [0.29, 0.717) is 65.0 Å². The Bertz CT molecular complexity index is 2440. The normalized spacial score (nSPS) is 24.3. The van der Waals surface area contributed by atoms with E-state index in [4.69, 9.17) is 5.73 Å². The molecule has 1 aliphatic carbocycles. The number of piperidine rings is 1. The van der Waals surface area contributed by atoms with Crippen LogP contribution in [-0.4, -0.2) is 89.2 Å². The van der Waals surface area contributed by atoms with Gasteiger partial charge in [-0.15, -0.1) is 5.10 Å². The first-order valence-electron chi connectivity index (χ1n) is 20.5. The first-order chi connectivity index (χ1) is 28.4. The molecule has 0 radical (unpaired) electrons. The average molecular weight is 795 g/mol. The molecular weight excluding hydrogens is 745 g/mol. The van der Waals surface area contributed by atoms with Crippen molar-refractivity contribution in [3.05, 3.63) is 71.8 Å². The molecule has 2 saturated heterocycles. The van der Waals surface area contributed by atoms with E-state index in [1.165, 1.54) is 12.1 Å². The van der Waals surface area contributed by atoms with Crippen LogP contribution in [0.15, 0.2) is 55.0 Å². The number of aromatic nitrogens is 7. The molecule has 59 heavy (non-hydrogen) atoms. The minimum atomic E-state index is -0.686. The van der Waals surface area contributed by atoms with Crippen LogP contribution in [0.2, 0.25) is 0 Å². The lowest BCUT2D eigenvalue weighted by atomic mass is 9.75. The molecule has 0 bridgehead atoms. The molecule has 4 aromatic heterocycles. The maximum absolute atomic E-state index is 12.7. The summed E-state index contributed by atoms with van der Waals surface area (Å²) in [6, 6.07) is 16.4. The van der Waals surface area contributed by atoms with Gasteiger partial charge >= 0.3 is 0 Å². The second-order valence-corrected chi connectivity index (χ2v) is 16.7. The number of carbonyl (C=O) groups is 2. The van der Waals surface area contributed by atoms with E-state index in [2.05, 4.69) is 96.1 Å². The number of imide groups is 1. The number of nitrogens with zero attached hydrogens (tertiary/aromatic N) is 11. The SMILES string of the molecule is C[C@H](C#N)Nc1cc(-n2ncc3cc(C#N)c(N)nc32)ncc1-n1cc(C2CCC(CCN3[C@@H](C)CN(c4ccc([C@@]5(C)CCC(=O)NC5=O)cc4)C[C@@H]3C)CC2)nn1. The van der Waals surface area contributed by atoms with Gasteiger partial charge in [-0.25, -0.2) is 14.6 Å². The van der Waals surface area contributed by atoms with Gasteiger partial charge < -0.3 is 16.0 Å². The molecular formula is C43H50N14O2. The molecule has 0 unspecified atom stereocenters. The van der Waals surface area contributed by atoms with E-state index in [1.807, 2.05) is 13.1 Å². The fraction of sp³-hybridized carbons (Fsp3) is 0.465. The number of pyridine rings is 2. The topological polar surface area (TPSA) is 213 Å². The van der Waals surface area contributed by atoms with Crippen LogP contribution in [-0.2, 0) is 15.0 Å². The highest BCUT2D eigenvalue weighted by atomic mass is 16.2. The fourth-order valence-corrected chi connectivity index (χ4v) is 9.13. The van der Waals surface area contributed by atoms with Crippen LogP contribution in [0.3, 0.4) is 0 Å². The molecule has 4 N–H and O–H groups in total. The zero-order chi connectivity index (χ0) is 41.4. The number of rotatable bonds is 10. The van der Waals surface area contributed by atoms with Crippen molar-refractivity contribution < 1.29 is 9.59 Å². The minimum absolute atomic E-state index is 0.113. The predicted molar refractivity (Wildman–Crippen MR) is 223 cm³/mol. The number of amides is 2. The van der Waals surface area contributed by atoms with Gasteiger partial charge in [0.15, 0.2) is 11.5 Å². The number of carbonyl (C=O) groups excluding carboxylic acids is 2. The van der Waals surface area contributed by atoms with Gasteiger partial charge in [-0.1, -0.05) is 17.3 Å². The van der Waals surface area contributed by atoms with Gasteiger partial charge in [0, 0.05) is 54.7 Å². The molecule has 1 aromatic carbocycles. The molecule has 6 heterocycles. The number of nitriles is 2. The number of hydrogen-bond donors (Lipinski definition) is 3. The van der Waals surface area contributed by atoms with Gasteiger partial charge in [-0.3, -0.25) is 19.8 Å². The number of anilines is 3. The summed E-state index contributed by atoms with van der Waals surface area (Å²) in [5.41, 5.74) is 10.4. The molecule has 2 amide bonds. The van der Waals surface area contributed by atoms with E-state index in [-0.39, 0.29) is 23.2 Å². The average Bonchev–Trinajstić information content (AvgIpc) is 3.89. The van der Waals surface area contributed by atoms with Crippen LogP contribution in [0.4, 0.5) is 17.2 Å². The second-order valence-electron chi connectivity index (χ2n) is 16.7. The van der Waals surface area contributed by atoms with Crippen LogP contribution in [0.25, 0.3) is 22.5 Å². The Labute approximate surface area is 343 Å². The lowest BCUT2D eigenvalue weighted by Crippen LogP contribution is -2.57. The zero-order valence-electron chi connectivity index (χ0n) is 34.0. The summed E-state index contributed by atoms with van der Waals surface area (Å²) in [6.07, 6.45) is 11.7. The van der Waals surface area contributed by atoms with Gasteiger partial charge in [-0.2, -0.15) is 20.3 Å². The van der Waals surface area contributed by atoms with Crippen LogP contribution >= 0.6 is 0 Å². The quantitative estimate of drug-likeness (QED) is 0.157. The van der Waals surface area contributed by atoms with Crippen LogP contribution < -0.4 is 21.3 Å². The summed E-state index contributed by atoms with van der Waals surface area (Å²) in [6.45, 7) is 11.3. The van der Waals surface area contributed by atoms with Crippen molar-refractivity contribution in [1.29, 1.82) is 10.5 Å². The number of nitrogens with one attached hydrogen (secondary N) is 2. The number of hydrogen-bond acceptors (Lipinski definition) is 13. The van der Waals surface area contributed by atoms with E-state index in [0.717, 1.165) is 56.6 Å². The van der Waals surface area contributed by atoms with Crippen molar-refractivity contribution in [1.82, 2.24) is 45.0 Å². The smallest absolute Gasteiger partial charge is 0.236 e. The maximum atomic E-state index is 12.7. The van der Waals surface area contributed by atoms with E-state index in [9.17, 15) is 20.1 Å². The number of piperazine rings is 1. The molecule has 2 aliphatic heterocycles. The van der Waals surface area contributed by atoms with Gasteiger partial charge in [-0.05, 0) is 102 Å². The third-order valence-corrected chi connectivity index (χ3v) is 12.7. The molecule has 3 fully saturated rings. The Hall–Kier alpha value is -6.39. The Morgan fingerprint density at radius 2 is 1.80 bits per heavy atom. The van der Waals surface area contributed by atoms with Crippen molar-refractivity contribution in [2.45, 2.75) is 102 Å². The first-order valence-corrected chi connectivity index (χ1v) is 20.5. The third-order valence-electron chi connectivity index (χ3n) is 12.7. The van der Waals surface area contributed by atoms with Gasteiger partial charge in [0.2, 0.25) is 11.8 Å². The predicted octanol–water partition coefficient (Wildman–Crippen LogP) is 5.13. The Morgan fingerprint density at radius 1 is 1.05 bits per heavy atom. The standard InChI is InChI=1S/C43H50N14O2/c1-26(19-44)49-35-18-38(57-41-32(21-48-57)17-31(20-45)40(46)51-41)47-22-37(35)56-25-36(52-53-56)30-7-5-29(6-8-30)14-16-55-27(2)23-54(24-28(55)3)34-11-9-33(10-12-34)43(4)15-13-39(58)50-42(43)59/h9-12,17-18,21-22,25-30H,5-8,13-16,23-24H2,1-4H3,(H2,46,51)(H,47,49)(H,50,58,59)/t26-,27+,28+,29?,30?,43-/m1/s1. The molecule has 16 heteroatoms. The highest BCUT2D eigenvalue weighted by Crippen LogP contribution is 2.38. The summed E-state index contributed by atoms with van der Waals surface area (Å²) < 4.78 is 3.27. The molecule has 3 aliphatic rings. The summed E-state index contributed by atoms with van der Waals surface area (Å²) in [7, 11) is 0. The van der Waals surface area contributed by atoms with Crippen molar-refractivity contribution in [2.24, 2.45) is 5.92 Å². The molecule has 304 valence electrons. The monoisotopic (exact) mass is 794 g/mol. The molecule has 4 atom stereocenters. The van der Waals surface area contributed by atoms with E-state index < -0.39 is 11.5 Å². The summed E-state index contributed by atoms with van der Waals surface area (Å²) in [4.78, 5) is 38.6. The number of nitrogen functional groups attached to an aromatic ring is 1. The Morgan fingerprint density at radius 3 is 2.49 bits per heavy atom. The number of fused-ring (bicyclic) bond motifs is 1. The molecule has 0 spiro atoms. The fourth-order valence-electron chi connectivity index (χ4n) is 9.13. The van der Waals surface area contributed by atoms with Gasteiger partial charge in [0.05, 0.1) is 47.0 Å². The van der Waals surface area contributed by atoms with E-state index >= 15 is 0 Å². The Kier molecular flexibility index (Phi) is 10.8. The molecule has 8 rings (SSSR count). The number of benzene rings is 1. The minimum Gasteiger partial charge on any atom is -0.383 e. The summed E-state index contributed by atoms with van der Waals surface area (Å²) >= 11 is 0. The molecule has 1 saturated carbocycles. The second kappa shape index (κ2) is 16.1.